The minimum atomic E-state index is -4.73. The van der Waals surface area contributed by atoms with Gasteiger partial charge < -0.3 is 14.6 Å². The lowest BCUT2D eigenvalue weighted by molar-refractivity contribution is -0.312. The van der Waals surface area contributed by atoms with Crippen molar-refractivity contribution in [2.45, 2.75) is 56.5 Å². The van der Waals surface area contributed by atoms with Gasteiger partial charge in [-0.25, -0.2) is 0 Å². The Morgan fingerprint density at radius 1 is 1.11 bits per heavy atom. The molecule has 3 nitrogen and oxygen atoms in total. The first-order chi connectivity index (χ1) is 8.59. The summed E-state index contributed by atoms with van der Waals surface area (Å²) in [6, 6.07) is 0. The van der Waals surface area contributed by atoms with Crippen LogP contribution in [0.25, 0.3) is 0 Å². The molecule has 3 atom stereocenters. The van der Waals surface area contributed by atoms with Gasteiger partial charge in [0.1, 0.15) is 0 Å². The summed E-state index contributed by atoms with van der Waals surface area (Å²) in [6.07, 6.45) is -15.9. The molecule has 0 bridgehead atoms. The van der Waals surface area contributed by atoms with Crippen LogP contribution in [0.1, 0.15) is 25.7 Å². The number of halogens is 6. The topological polar surface area (TPSA) is 38.7 Å². The first kappa shape index (κ1) is 16.5. The summed E-state index contributed by atoms with van der Waals surface area (Å²) in [5, 5.41) is 9.15. The molecule has 1 fully saturated rings. The van der Waals surface area contributed by atoms with E-state index >= 15 is 0 Å². The minimum Gasteiger partial charge on any atom is -0.390 e. The molecule has 1 aliphatic heterocycles. The van der Waals surface area contributed by atoms with Crippen molar-refractivity contribution in [3.63, 3.8) is 0 Å². The smallest absolute Gasteiger partial charge is 0.390 e. The molecule has 1 aliphatic rings. The lowest BCUT2D eigenvalue weighted by Crippen LogP contribution is -2.48. The van der Waals surface area contributed by atoms with Gasteiger partial charge in [0.05, 0.1) is 12.7 Å². The van der Waals surface area contributed by atoms with Crippen LogP contribution >= 0.6 is 0 Å². The molecule has 0 unspecified atom stereocenters. The molecule has 0 amide bonds. The molecular weight excluding hydrogens is 282 g/mol. The molecule has 0 aromatic heterocycles. The number of hydrogen-bond acceptors (Lipinski definition) is 3. The molecule has 0 radical (unpaired) electrons. The Kier molecular flexibility index (Phi) is 5.45. The molecule has 9 heteroatoms. The van der Waals surface area contributed by atoms with Crippen molar-refractivity contribution in [1.82, 2.24) is 0 Å². The van der Waals surface area contributed by atoms with E-state index in [0.717, 1.165) is 0 Å². The highest BCUT2D eigenvalue weighted by Crippen LogP contribution is 2.32. The van der Waals surface area contributed by atoms with Gasteiger partial charge in [-0.3, -0.25) is 0 Å². The molecule has 1 rings (SSSR count). The molecule has 0 saturated carbocycles. The highest BCUT2D eigenvalue weighted by molar-refractivity contribution is 4.81. The van der Waals surface area contributed by atoms with Gasteiger partial charge in [0.25, 0.3) is 0 Å². The van der Waals surface area contributed by atoms with Crippen LogP contribution in [0, 0.1) is 0 Å². The Bertz CT molecular complexity index is 277. The Hall–Kier alpha value is -0.540. The van der Waals surface area contributed by atoms with E-state index in [1.165, 1.54) is 0 Å². The van der Waals surface area contributed by atoms with Crippen molar-refractivity contribution in [3.05, 3.63) is 0 Å². The summed E-state index contributed by atoms with van der Waals surface area (Å²) in [5.41, 5.74) is 0. The van der Waals surface area contributed by atoms with E-state index in [-0.39, 0.29) is 25.9 Å². The van der Waals surface area contributed by atoms with Crippen LogP contribution in [0.4, 0.5) is 26.3 Å². The van der Waals surface area contributed by atoms with Gasteiger partial charge in [-0.1, -0.05) is 0 Å². The van der Waals surface area contributed by atoms with E-state index in [1.54, 1.807) is 0 Å². The number of alkyl halides is 6. The number of rotatable bonds is 4. The van der Waals surface area contributed by atoms with Gasteiger partial charge in [-0.15, -0.1) is 0 Å². The van der Waals surface area contributed by atoms with Crippen molar-refractivity contribution in [2.75, 3.05) is 6.61 Å². The van der Waals surface area contributed by atoms with Gasteiger partial charge in [0, 0.05) is 12.8 Å². The largest absolute Gasteiger partial charge is 0.417 e. The second kappa shape index (κ2) is 6.27. The average Bonchev–Trinajstić information content (AvgIpc) is 2.23. The molecule has 1 heterocycles. The standard InChI is InChI=1S/C10H14F6O3/c11-9(12,13)4-1-5-18-7-3-2-6(17)8(19-7)10(14,15)16/h6-8,17H,1-5H2/t6-,7+,8-/m1/s1. The maximum atomic E-state index is 12.4. The number of aliphatic hydroxyl groups is 1. The van der Waals surface area contributed by atoms with E-state index in [1.807, 2.05) is 0 Å². The van der Waals surface area contributed by atoms with E-state index in [9.17, 15) is 26.3 Å². The third-order valence-electron chi connectivity index (χ3n) is 2.58. The van der Waals surface area contributed by atoms with Crippen LogP contribution in [0.5, 0.6) is 0 Å². The third-order valence-corrected chi connectivity index (χ3v) is 2.58. The predicted molar refractivity (Wildman–Crippen MR) is 51.2 cm³/mol. The van der Waals surface area contributed by atoms with Gasteiger partial charge in [-0.2, -0.15) is 26.3 Å². The maximum Gasteiger partial charge on any atom is 0.417 e. The Labute approximate surface area is 105 Å². The third kappa shape index (κ3) is 5.96. The molecule has 114 valence electrons. The monoisotopic (exact) mass is 296 g/mol. The normalized spacial score (nSPS) is 29.5. The zero-order valence-corrected chi connectivity index (χ0v) is 9.80. The number of hydrogen-bond donors (Lipinski definition) is 1. The summed E-state index contributed by atoms with van der Waals surface area (Å²) in [6.45, 7) is -0.342. The lowest BCUT2D eigenvalue weighted by atomic mass is 10.0. The lowest BCUT2D eigenvalue weighted by Gasteiger charge is -2.34. The van der Waals surface area contributed by atoms with Crippen molar-refractivity contribution in [1.29, 1.82) is 0 Å². The van der Waals surface area contributed by atoms with E-state index in [2.05, 4.69) is 4.74 Å². The second-order valence-electron chi connectivity index (χ2n) is 4.26. The zero-order valence-electron chi connectivity index (χ0n) is 9.80. The number of aliphatic hydroxyl groups excluding tert-OH is 1. The van der Waals surface area contributed by atoms with Gasteiger partial charge >= 0.3 is 12.4 Å². The SMILES string of the molecule is O[C@@H]1CC[C@@H](OCCCC(F)(F)F)O[C@H]1C(F)(F)F. The second-order valence-corrected chi connectivity index (χ2v) is 4.26. The Morgan fingerprint density at radius 2 is 1.74 bits per heavy atom. The zero-order chi connectivity index (χ0) is 14.7. The first-order valence-corrected chi connectivity index (χ1v) is 5.68. The van der Waals surface area contributed by atoms with Crippen LogP contribution < -0.4 is 0 Å². The van der Waals surface area contributed by atoms with Crippen molar-refractivity contribution in [2.24, 2.45) is 0 Å². The maximum absolute atomic E-state index is 12.4. The molecule has 1 saturated heterocycles. The Morgan fingerprint density at radius 3 is 2.26 bits per heavy atom. The molecule has 0 aromatic carbocycles. The minimum absolute atomic E-state index is 0.0137. The summed E-state index contributed by atoms with van der Waals surface area (Å²) in [5.74, 6) is 0. The quantitative estimate of drug-likeness (QED) is 0.640. The predicted octanol–water partition coefficient (Wildman–Crippen LogP) is 2.77. The van der Waals surface area contributed by atoms with Crippen LogP contribution in [0.2, 0.25) is 0 Å². The van der Waals surface area contributed by atoms with Crippen LogP contribution in [-0.2, 0) is 9.47 Å². The molecule has 0 aliphatic carbocycles. The molecule has 1 N–H and O–H groups in total. The van der Waals surface area contributed by atoms with Crippen molar-refractivity contribution >= 4 is 0 Å². The Balaban J connectivity index is 2.32. The summed E-state index contributed by atoms with van der Waals surface area (Å²) in [4.78, 5) is 0. The van der Waals surface area contributed by atoms with Crippen LogP contribution in [0.15, 0.2) is 0 Å². The highest BCUT2D eigenvalue weighted by atomic mass is 19.4. The van der Waals surface area contributed by atoms with E-state index < -0.39 is 37.3 Å². The van der Waals surface area contributed by atoms with Gasteiger partial charge in [-0.05, 0) is 12.8 Å². The summed E-state index contributed by atoms with van der Waals surface area (Å²) >= 11 is 0. The fourth-order valence-electron chi connectivity index (χ4n) is 1.69. The fraction of sp³-hybridized carbons (Fsp3) is 1.00. The highest BCUT2D eigenvalue weighted by Gasteiger charge is 2.49. The molecule has 0 spiro atoms. The number of ether oxygens (including phenoxy) is 2. The molecule has 0 aromatic rings. The van der Waals surface area contributed by atoms with Crippen LogP contribution in [0.3, 0.4) is 0 Å². The van der Waals surface area contributed by atoms with Gasteiger partial charge in [0.15, 0.2) is 12.4 Å². The van der Waals surface area contributed by atoms with E-state index in [4.69, 9.17) is 9.84 Å². The van der Waals surface area contributed by atoms with Gasteiger partial charge in [0.2, 0.25) is 0 Å². The van der Waals surface area contributed by atoms with Crippen molar-refractivity contribution in [3.8, 4) is 0 Å². The first-order valence-electron chi connectivity index (χ1n) is 5.68. The van der Waals surface area contributed by atoms with E-state index in [0.29, 0.717) is 0 Å². The summed E-state index contributed by atoms with van der Waals surface area (Å²) in [7, 11) is 0. The fourth-order valence-corrected chi connectivity index (χ4v) is 1.69. The molecule has 19 heavy (non-hydrogen) atoms. The molecular formula is C10H14F6O3. The summed E-state index contributed by atoms with van der Waals surface area (Å²) < 4.78 is 82.1. The van der Waals surface area contributed by atoms with Crippen LogP contribution in [-0.4, -0.2) is 42.6 Å². The average molecular weight is 296 g/mol. The van der Waals surface area contributed by atoms with Crippen molar-refractivity contribution < 1.29 is 40.9 Å².